The Morgan fingerprint density at radius 2 is 2.00 bits per heavy atom. The third-order valence-corrected chi connectivity index (χ3v) is 3.16. The van der Waals surface area contributed by atoms with Crippen LogP contribution < -0.4 is 10.6 Å². The van der Waals surface area contributed by atoms with Gasteiger partial charge in [-0.15, -0.1) is 5.10 Å². The zero-order valence-corrected chi connectivity index (χ0v) is 12.6. The van der Waals surface area contributed by atoms with Gasteiger partial charge < -0.3 is 10.1 Å². The number of amides is 2. The molecule has 0 aliphatic rings. The van der Waals surface area contributed by atoms with Crippen LogP contribution in [0.5, 0.6) is 0 Å². The first kappa shape index (κ1) is 16.3. The summed E-state index contributed by atoms with van der Waals surface area (Å²) >= 11 is 0.826. The van der Waals surface area contributed by atoms with Crippen LogP contribution in [-0.2, 0) is 4.74 Å². The number of nitro groups is 1. The number of non-ortho nitro benzene ring substituents is 1. The van der Waals surface area contributed by atoms with Gasteiger partial charge in [0.05, 0.1) is 11.5 Å². The zero-order chi connectivity index (χ0) is 16.8. The first-order chi connectivity index (χ1) is 11.0. The fourth-order valence-electron chi connectivity index (χ4n) is 1.54. The molecule has 0 spiro atoms. The monoisotopic (exact) mass is 337 g/mol. The fraction of sp³-hybridized carbons (Fsp3) is 0.167. The van der Waals surface area contributed by atoms with E-state index < -0.39 is 16.9 Å². The Balaban J connectivity index is 2.01. The second-order valence-corrected chi connectivity index (χ2v) is 4.81. The number of nitrogens with one attached hydrogen (secondary N) is 2. The molecular weight excluding hydrogens is 326 g/mol. The maximum Gasteiger partial charge on any atom is 0.362 e. The van der Waals surface area contributed by atoms with Gasteiger partial charge in [0.1, 0.15) is 0 Å². The minimum Gasteiger partial charge on any atom is -0.461 e. The molecular formula is C12H11N5O5S. The highest BCUT2D eigenvalue weighted by molar-refractivity contribution is 7.10. The van der Waals surface area contributed by atoms with E-state index in [2.05, 4.69) is 20.2 Å². The maximum absolute atomic E-state index is 11.9. The van der Waals surface area contributed by atoms with Crippen molar-refractivity contribution in [1.82, 2.24) is 9.59 Å². The van der Waals surface area contributed by atoms with Crippen LogP contribution in [0.15, 0.2) is 24.3 Å². The Kier molecular flexibility index (Phi) is 5.15. The molecule has 0 aliphatic heterocycles. The van der Waals surface area contributed by atoms with Crippen molar-refractivity contribution in [3.63, 3.8) is 0 Å². The van der Waals surface area contributed by atoms with E-state index in [-0.39, 0.29) is 23.0 Å². The minimum absolute atomic E-state index is 0.0873. The van der Waals surface area contributed by atoms with Gasteiger partial charge in [0.2, 0.25) is 5.69 Å². The molecule has 1 aromatic carbocycles. The molecule has 23 heavy (non-hydrogen) atoms. The standard InChI is InChI=1S/C12H11N5O5S/c1-2-22-11(18)9-10(23-16-15-9)14-12(19)13-7-3-5-8(6-4-7)17(20)21/h3-6H,2H2,1H3,(H2,13,14,19). The smallest absolute Gasteiger partial charge is 0.362 e. The molecule has 2 N–H and O–H groups in total. The van der Waals surface area contributed by atoms with Crippen molar-refractivity contribution in [2.75, 3.05) is 17.2 Å². The van der Waals surface area contributed by atoms with Crippen LogP contribution in [0.25, 0.3) is 0 Å². The number of anilines is 2. The summed E-state index contributed by atoms with van der Waals surface area (Å²) in [6.07, 6.45) is 0. The number of esters is 1. The van der Waals surface area contributed by atoms with Gasteiger partial charge in [-0.2, -0.15) is 0 Å². The van der Waals surface area contributed by atoms with Gasteiger partial charge in [-0.25, -0.2) is 9.59 Å². The third-order valence-electron chi connectivity index (χ3n) is 2.52. The van der Waals surface area contributed by atoms with Crippen LogP contribution >= 0.6 is 11.5 Å². The van der Waals surface area contributed by atoms with E-state index in [9.17, 15) is 19.7 Å². The van der Waals surface area contributed by atoms with Gasteiger partial charge in [0.25, 0.3) is 5.69 Å². The topological polar surface area (TPSA) is 136 Å². The molecule has 0 saturated heterocycles. The number of hydrogen-bond acceptors (Lipinski definition) is 8. The lowest BCUT2D eigenvalue weighted by molar-refractivity contribution is -0.384. The molecule has 1 aromatic heterocycles. The largest absolute Gasteiger partial charge is 0.461 e. The number of ether oxygens (including phenoxy) is 1. The lowest BCUT2D eigenvalue weighted by Gasteiger charge is -2.06. The van der Waals surface area contributed by atoms with E-state index in [1.54, 1.807) is 6.92 Å². The number of rotatable bonds is 5. The summed E-state index contributed by atoms with van der Waals surface area (Å²) in [5, 5.41) is 19.2. The molecule has 0 fully saturated rings. The molecule has 1 heterocycles. The van der Waals surface area contributed by atoms with Crippen molar-refractivity contribution in [3.8, 4) is 0 Å². The quantitative estimate of drug-likeness (QED) is 0.485. The summed E-state index contributed by atoms with van der Waals surface area (Å²) in [6, 6.07) is 4.64. The summed E-state index contributed by atoms with van der Waals surface area (Å²) in [5.74, 6) is -0.688. The number of benzene rings is 1. The summed E-state index contributed by atoms with van der Waals surface area (Å²) in [7, 11) is 0. The highest BCUT2D eigenvalue weighted by atomic mass is 32.1. The molecule has 0 bridgehead atoms. The highest BCUT2D eigenvalue weighted by Gasteiger charge is 2.19. The maximum atomic E-state index is 11.9. The normalized spacial score (nSPS) is 9.96. The predicted octanol–water partition coefficient (Wildman–Crippen LogP) is 2.27. The number of aromatic nitrogens is 2. The van der Waals surface area contributed by atoms with Gasteiger partial charge in [-0.05, 0) is 19.1 Å². The van der Waals surface area contributed by atoms with Crippen molar-refractivity contribution in [1.29, 1.82) is 0 Å². The predicted molar refractivity (Wildman–Crippen MR) is 81.6 cm³/mol. The van der Waals surface area contributed by atoms with E-state index in [0.29, 0.717) is 5.69 Å². The minimum atomic E-state index is -0.688. The average molecular weight is 337 g/mol. The van der Waals surface area contributed by atoms with Crippen molar-refractivity contribution >= 4 is 39.9 Å². The van der Waals surface area contributed by atoms with Crippen molar-refractivity contribution in [2.24, 2.45) is 0 Å². The number of carbonyl (C=O) groups excluding carboxylic acids is 2. The van der Waals surface area contributed by atoms with Crippen LogP contribution in [-0.4, -0.2) is 33.1 Å². The SMILES string of the molecule is CCOC(=O)c1nnsc1NC(=O)Nc1ccc([N+](=O)[O-])cc1. The average Bonchev–Trinajstić information content (AvgIpc) is 2.96. The number of nitrogens with zero attached hydrogens (tertiary/aromatic N) is 3. The van der Waals surface area contributed by atoms with E-state index in [1.165, 1.54) is 24.3 Å². The third kappa shape index (κ3) is 4.20. The molecule has 10 nitrogen and oxygen atoms in total. The second-order valence-electron chi connectivity index (χ2n) is 4.05. The Morgan fingerprint density at radius 3 is 2.61 bits per heavy atom. The molecule has 2 aromatic rings. The Hall–Kier alpha value is -3.08. The Labute approximate surface area is 133 Å². The lowest BCUT2D eigenvalue weighted by atomic mass is 10.3. The molecule has 2 rings (SSSR count). The molecule has 0 atom stereocenters. The molecule has 2 amide bonds. The fourth-order valence-corrected chi connectivity index (χ4v) is 2.09. The van der Waals surface area contributed by atoms with Gasteiger partial charge in [0, 0.05) is 29.4 Å². The number of nitro benzene ring substituents is 1. The van der Waals surface area contributed by atoms with Crippen LogP contribution in [0.1, 0.15) is 17.4 Å². The van der Waals surface area contributed by atoms with Gasteiger partial charge >= 0.3 is 12.0 Å². The molecule has 0 radical (unpaired) electrons. The zero-order valence-electron chi connectivity index (χ0n) is 11.8. The van der Waals surface area contributed by atoms with Crippen LogP contribution in [0.3, 0.4) is 0 Å². The Bertz CT molecular complexity index is 730. The van der Waals surface area contributed by atoms with Gasteiger partial charge in [0.15, 0.2) is 5.00 Å². The van der Waals surface area contributed by atoms with Crippen LogP contribution in [0.2, 0.25) is 0 Å². The first-order valence-corrected chi connectivity index (χ1v) is 7.10. The highest BCUT2D eigenvalue weighted by Crippen LogP contribution is 2.20. The molecule has 0 unspecified atom stereocenters. The second kappa shape index (κ2) is 7.26. The van der Waals surface area contributed by atoms with Crippen molar-refractivity contribution in [2.45, 2.75) is 6.92 Å². The van der Waals surface area contributed by atoms with E-state index in [0.717, 1.165) is 11.5 Å². The molecule has 11 heteroatoms. The molecule has 120 valence electrons. The number of carbonyl (C=O) groups is 2. The lowest BCUT2D eigenvalue weighted by Crippen LogP contribution is -2.20. The van der Waals surface area contributed by atoms with Crippen LogP contribution in [0.4, 0.5) is 21.2 Å². The van der Waals surface area contributed by atoms with Crippen LogP contribution in [0, 0.1) is 10.1 Å². The Morgan fingerprint density at radius 1 is 1.30 bits per heavy atom. The summed E-state index contributed by atoms with van der Waals surface area (Å²) in [4.78, 5) is 33.5. The van der Waals surface area contributed by atoms with Gasteiger partial charge in [-0.1, -0.05) is 4.49 Å². The molecule has 0 saturated carbocycles. The van der Waals surface area contributed by atoms with E-state index in [4.69, 9.17) is 4.74 Å². The van der Waals surface area contributed by atoms with E-state index in [1.807, 2.05) is 0 Å². The van der Waals surface area contributed by atoms with E-state index >= 15 is 0 Å². The number of urea groups is 1. The summed E-state index contributed by atoms with van der Waals surface area (Å²) in [6.45, 7) is 1.82. The van der Waals surface area contributed by atoms with Crippen molar-refractivity contribution < 1.29 is 19.2 Å². The van der Waals surface area contributed by atoms with Gasteiger partial charge in [-0.3, -0.25) is 15.4 Å². The summed E-state index contributed by atoms with van der Waals surface area (Å²) < 4.78 is 8.38. The summed E-state index contributed by atoms with van der Waals surface area (Å²) in [5.41, 5.74) is 0.172. The molecule has 0 aliphatic carbocycles. The van der Waals surface area contributed by atoms with Crippen molar-refractivity contribution in [3.05, 3.63) is 40.1 Å². The first-order valence-electron chi connectivity index (χ1n) is 6.33. The number of hydrogen-bond donors (Lipinski definition) is 2.